The first-order chi connectivity index (χ1) is 7.84. The summed E-state index contributed by atoms with van der Waals surface area (Å²) in [5, 5.41) is 3.05. The molecule has 1 fully saturated rings. The van der Waals surface area contributed by atoms with Crippen molar-refractivity contribution >= 4 is 5.96 Å². The van der Waals surface area contributed by atoms with E-state index in [1.54, 1.807) is 6.26 Å². The van der Waals surface area contributed by atoms with Crippen LogP contribution in [0.1, 0.15) is 18.6 Å². The minimum Gasteiger partial charge on any atom is -0.467 e. The van der Waals surface area contributed by atoms with Crippen LogP contribution in [-0.4, -0.2) is 25.2 Å². The van der Waals surface area contributed by atoms with E-state index in [0.717, 1.165) is 31.8 Å². The molecule has 5 nitrogen and oxygen atoms in total. The molecule has 0 bridgehead atoms. The van der Waals surface area contributed by atoms with Crippen molar-refractivity contribution < 1.29 is 9.15 Å². The first-order valence-electron chi connectivity index (χ1n) is 5.52. The van der Waals surface area contributed by atoms with Gasteiger partial charge in [-0.15, -0.1) is 0 Å². The van der Waals surface area contributed by atoms with E-state index in [1.807, 2.05) is 12.1 Å². The van der Waals surface area contributed by atoms with Crippen molar-refractivity contribution in [3.05, 3.63) is 24.2 Å². The molecule has 88 valence electrons. The predicted octanol–water partition coefficient (Wildman–Crippen LogP) is 0.863. The lowest BCUT2D eigenvalue weighted by Gasteiger charge is -2.10. The van der Waals surface area contributed by atoms with E-state index in [9.17, 15) is 0 Å². The van der Waals surface area contributed by atoms with Gasteiger partial charge in [-0.1, -0.05) is 0 Å². The first-order valence-corrected chi connectivity index (χ1v) is 5.52. The van der Waals surface area contributed by atoms with E-state index < -0.39 is 0 Å². The van der Waals surface area contributed by atoms with Crippen LogP contribution in [0, 0.1) is 0 Å². The Bertz CT molecular complexity index is 329. The Morgan fingerprint density at radius 1 is 1.62 bits per heavy atom. The molecule has 5 heteroatoms. The van der Waals surface area contributed by atoms with Gasteiger partial charge in [0, 0.05) is 13.2 Å². The predicted molar refractivity (Wildman–Crippen MR) is 61.0 cm³/mol. The standard InChI is InChI=1S/C11H17N3O2/c12-11(13-7-9-3-1-5-15-9)14-8-10-4-2-6-16-10/h1,3,5,10H,2,4,6-8H2,(H3,12,13,14). The second-order valence-electron chi connectivity index (χ2n) is 3.80. The lowest BCUT2D eigenvalue weighted by molar-refractivity contribution is 0.114. The smallest absolute Gasteiger partial charge is 0.189 e. The van der Waals surface area contributed by atoms with Gasteiger partial charge in [-0.05, 0) is 25.0 Å². The van der Waals surface area contributed by atoms with Gasteiger partial charge in [-0.25, -0.2) is 4.99 Å². The van der Waals surface area contributed by atoms with Gasteiger partial charge in [0.15, 0.2) is 5.96 Å². The lowest BCUT2D eigenvalue weighted by Crippen LogP contribution is -2.37. The Labute approximate surface area is 94.7 Å². The molecule has 1 saturated heterocycles. The van der Waals surface area contributed by atoms with Crippen LogP contribution in [0.3, 0.4) is 0 Å². The van der Waals surface area contributed by atoms with Crippen LogP contribution in [0.2, 0.25) is 0 Å². The SMILES string of the molecule is NC(=NCc1ccco1)NCC1CCCO1. The summed E-state index contributed by atoms with van der Waals surface area (Å²) in [5.74, 6) is 1.24. The normalized spacial score (nSPS) is 21.2. The summed E-state index contributed by atoms with van der Waals surface area (Å²) in [6, 6.07) is 3.71. The Hall–Kier alpha value is -1.49. The highest BCUT2D eigenvalue weighted by Crippen LogP contribution is 2.10. The first kappa shape index (κ1) is 11.0. The molecule has 2 heterocycles. The monoisotopic (exact) mass is 223 g/mol. The number of nitrogens with two attached hydrogens (primary N) is 1. The summed E-state index contributed by atoms with van der Waals surface area (Å²) < 4.78 is 10.6. The summed E-state index contributed by atoms with van der Waals surface area (Å²) in [5.41, 5.74) is 5.71. The van der Waals surface area contributed by atoms with E-state index in [0.29, 0.717) is 12.5 Å². The number of rotatable bonds is 4. The highest BCUT2D eigenvalue weighted by molar-refractivity contribution is 5.77. The fourth-order valence-electron chi connectivity index (χ4n) is 1.65. The quantitative estimate of drug-likeness (QED) is 0.586. The molecule has 1 atom stereocenters. The van der Waals surface area contributed by atoms with Crippen LogP contribution in [0.4, 0.5) is 0 Å². The van der Waals surface area contributed by atoms with Crippen LogP contribution in [0.5, 0.6) is 0 Å². The molecule has 0 radical (unpaired) electrons. The van der Waals surface area contributed by atoms with Gasteiger partial charge in [-0.2, -0.15) is 0 Å². The third kappa shape index (κ3) is 3.27. The molecule has 1 unspecified atom stereocenters. The van der Waals surface area contributed by atoms with Crippen molar-refractivity contribution in [2.75, 3.05) is 13.2 Å². The second-order valence-corrected chi connectivity index (χ2v) is 3.80. The van der Waals surface area contributed by atoms with Crippen molar-refractivity contribution in [2.24, 2.45) is 10.7 Å². The minimum absolute atomic E-state index is 0.275. The van der Waals surface area contributed by atoms with E-state index in [-0.39, 0.29) is 6.10 Å². The average molecular weight is 223 g/mol. The summed E-state index contributed by atoms with van der Waals surface area (Å²) in [6.07, 6.45) is 4.13. The molecular weight excluding hydrogens is 206 g/mol. The molecule has 1 aromatic rings. The maximum atomic E-state index is 5.71. The van der Waals surface area contributed by atoms with E-state index in [2.05, 4.69) is 10.3 Å². The molecule has 0 spiro atoms. The average Bonchev–Trinajstić information content (AvgIpc) is 2.96. The minimum atomic E-state index is 0.275. The summed E-state index contributed by atoms with van der Waals surface area (Å²) >= 11 is 0. The van der Waals surface area contributed by atoms with E-state index >= 15 is 0 Å². The zero-order valence-electron chi connectivity index (χ0n) is 9.19. The van der Waals surface area contributed by atoms with Gasteiger partial charge < -0.3 is 20.2 Å². The van der Waals surface area contributed by atoms with Gasteiger partial charge >= 0.3 is 0 Å². The zero-order chi connectivity index (χ0) is 11.2. The Morgan fingerprint density at radius 2 is 2.56 bits per heavy atom. The largest absolute Gasteiger partial charge is 0.467 e. The Balaban J connectivity index is 1.70. The third-order valence-electron chi connectivity index (χ3n) is 2.52. The summed E-state index contributed by atoms with van der Waals surface area (Å²) in [4.78, 5) is 4.16. The fourth-order valence-corrected chi connectivity index (χ4v) is 1.65. The summed E-state index contributed by atoms with van der Waals surface area (Å²) in [7, 11) is 0. The molecule has 1 aliphatic rings. The molecule has 0 aromatic carbocycles. The Kier molecular flexibility index (Phi) is 3.82. The molecule has 0 amide bonds. The number of nitrogens with zero attached hydrogens (tertiary/aromatic N) is 1. The van der Waals surface area contributed by atoms with Crippen molar-refractivity contribution in [1.29, 1.82) is 0 Å². The number of furan rings is 1. The van der Waals surface area contributed by atoms with E-state index in [1.165, 1.54) is 0 Å². The molecule has 0 aliphatic carbocycles. The molecular formula is C11H17N3O2. The highest BCUT2D eigenvalue weighted by atomic mass is 16.5. The van der Waals surface area contributed by atoms with Crippen molar-refractivity contribution in [1.82, 2.24) is 5.32 Å². The van der Waals surface area contributed by atoms with Gasteiger partial charge in [0.2, 0.25) is 0 Å². The molecule has 0 saturated carbocycles. The van der Waals surface area contributed by atoms with Crippen LogP contribution in [0.15, 0.2) is 27.8 Å². The van der Waals surface area contributed by atoms with Crippen molar-refractivity contribution in [2.45, 2.75) is 25.5 Å². The maximum absolute atomic E-state index is 5.71. The number of ether oxygens (including phenoxy) is 1. The third-order valence-corrected chi connectivity index (χ3v) is 2.52. The molecule has 2 rings (SSSR count). The highest BCUT2D eigenvalue weighted by Gasteiger charge is 2.14. The van der Waals surface area contributed by atoms with Gasteiger partial charge in [0.25, 0.3) is 0 Å². The van der Waals surface area contributed by atoms with Crippen LogP contribution >= 0.6 is 0 Å². The summed E-state index contributed by atoms with van der Waals surface area (Å²) in [6.45, 7) is 2.06. The molecule has 3 N–H and O–H groups in total. The van der Waals surface area contributed by atoms with Crippen LogP contribution in [0.25, 0.3) is 0 Å². The number of nitrogens with one attached hydrogen (secondary N) is 1. The molecule has 16 heavy (non-hydrogen) atoms. The van der Waals surface area contributed by atoms with Crippen LogP contribution < -0.4 is 11.1 Å². The number of aliphatic imine (C=N–C) groups is 1. The maximum Gasteiger partial charge on any atom is 0.189 e. The zero-order valence-corrected chi connectivity index (χ0v) is 9.19. The van der Waals surface area contributed by atoms with Gasteiger partial charge in [0.1, 0.15) is 12.3 Å². The van der Waals surface area contributed by atoms with Crippen LogP contribution in [-0.2, 0) is 11.3 Å². The molecule has 1 aliphatic heterocycles. The Morgan fingerprint density at radius 3 is 3.25 bits per heavy atom. The lowest BCUT2D eigenvalue weighted by atomic mass is 10.2. The topological polar surface area (TPSA) is 72.8 Å². The van der Waals surface area contributed by atoms with Gasteiger partial charge in [0.05, 0.1) is 12.4 Å². The molecule has 1 aromatic heterocycles. The number of hydrogen-bond donors (Lipinski definition) is 2. The van der Waals surface area contributed by atoms with Gasteiger partial charge in [-0.3, -0.25) is 0 Å². The number of hydrogen-bond acceptors (Lipinski definition) is 3. The van der Waals surface area contributed by atoms with Crippen molar-refractivity contribution in [3.63, 3.8) is 0 Å². The van der Waals surface area contributed by atoms with Crippen molar-refractivity contribution in [3.8, 4) is 0 Å². The fraction of sp³-hybridized carbons (Fsp3) is 0.545. The van der Waals surface area contributed by atoms with E-state index in [4.69, 9.17) is 14.9 Å². The number of guanidine groups is 1. The second kappa shape index (κ2) is 5.55.